The van der Waals surface area contributed by atoms with Crippen LogP contribution >= 0.6 is 11.6 Å². The molecule has 1 N–H and O–H groups in total. The Morgan fingerprint density at radius 2 is 2.29 bits per heavy atom. The van der Waals surface area contributed by atoms with E-state index in [1.807, 2.05) is 0 Å². The van der Waals surface area contributed by atoms with Crippen LogP contribution in [0, 0.1) is 6.92 Å². The molecule has 3 nitrogen and oxygen atoms in total. The lowest BCUT2D eigenvalue weighted by atomic mass is 10.2. The molecule has 0 heterocycles. The zero-order chi connectivity index (χ0) is 10.7. The second-order valence-corrected chi connectivity index (χ2v) is 3.12. The number of benzene rings is 1. The third-order valence-electron chi connectivity index (χ3n) is 1.57. The summed E-state index contributed by atoms with van der Waals surface area (Å²) in [6.07, 6.45) is -2.37. The van der Waals surface area contributed by atoms with E-state index in [1.165, 1.54) is 6.07 Å². The number of carboxylic acid groups (broad SMARTS) is 1. The van der Waals surface area contributed by atoms with Gasteiger partial charge in [0, 0.05) is 5.02 Å². The molecule has 0 radical (unpaired) electrons. The number of rotatable bonds is 3. The van der Waals surface area contributed by atoms with Crippen LogP contribution in [0.15, 0.2) is 18.2 Å². The minimum Gasteiger partial charge on any atom is -0.476 e. The fourth-order valence-corrected chi connectivity index (χ4v) is 1.02. The van der Waals surface area contributed by atoms with Gasteiger partial charge in [0.05, 0.1) is 0 Å². The van der Waals surface area contributed by atoms with Gasteiger partial charge in [0.1, 0.15) is 5.75 Å². The van der Waals surface area contributed by atoms with Crippen LogP contribution < -0.4 is 4.74 Å². The third kappa shape index (κ3) is 2.60. The van der Waals surface area contributed by atoms with Crippen molar-refractivity contribution in [1.29, 1.82) is 0 Å². The Morgan fingerprint density at radius 1 is 1.64 bits per heavy atom. The van der Waals surface area contributed by atoms with Gasteiger partial charge in [0.15, 0.2) is 0 Å². The van der Waals surface area contributed by atoms with Crippen LogP contribution in [0.4, 0.5) is 4.39 Å². The maximum Gasteiger partial charge on any atom is 0.378 e. The van der Waals surface area contributed by atoms with E-state index in [9.17, 15) is 9.18 Å². The van der Waals surface area contributed by atoms with E-state index < -0.39 is 12.3 Å². The number of alkyl halides is 1. The highest BCUT2D eigenvalue weighted by atomic mass is 35.5. The van der Waals surface area contributed by atoms with Crippen molar-refractivity contribution >= 4 is 17.6 Å². The first kappa shape index (κ1) is 10.8. The lowest BCUT2D eigenvalue weighted by Crippen LogP contribution is -2.21. The van der Waals surface area contributed by atoms with Crippen LogP contribution in [0.5, 0.6) is 5.75 Å². The van der Waals surface area contributed by atoms with E-state index >= 15 is 0 Å². The van der Waals surface area contributed by atoms with Gasteiger partial charge in [-0.05, 0) is 24.6 Å². The molecule has 14 heavy (non-hydrogen) atoms. The Morgan fingerprint density at radius 3 is 2.86 bits per heavy atom. The second-order valence-electron chi connectivity index (χ2n) is 2.68. The molecule has 1 aromatic rings. The first-order valence-electron chi connectivity index (χ1n) is 3.80. The standard InChI is InChI=1S/C9H8ClFO3/c1-5-2-3-6(10)4-7(5)14-8(11)9(12)13/h2-4,8H,1H3,(H,12,13). The molecule has 0 aliphatic rings. The molecule has 0 amide bonds. The second kappa shape index (κ2) is 4.28. The molecule has 76 valence electrons. The number of aryl methyl sites for hydroxylation is 1. The van der Waals surface area contributed by atoms with Gasteiger partial charge in [0.2, 0.25) is 0 Å². The molecular weight excluding hydrogens is 211 g/mol. The Hall–Kier alpha value is -1.29. The van der Waals surface area contributed by atoms with Crippen molar-refractivity contribution in [2.45, 2.75) is 13.3 Å². The Bertz CT molecular complexity index is 354. The maximum absolute atomic E-state index is 12.7. The van der Waals surface area contributed by atoms with Crippen molar-refractivity contribution in [2.75, 3.05) is 0 Å². The van der Waals surface area contributed by atoms with Gasteiger partial charge >= 0.3 is 12.3 Å². The van der Waals surface area contributed by atoms with Crippen LogP contribution in [-0.2, 0) is 4.79 Å². The summed E-state index contributed by atoms with van der Waals surface area (Å²) >= 11 is 5.63. The van der Waals surface area contributed by atoms with Gasteiger partial charge in [0.25, 0.3) is 0 Å². The average Bonchev–Trinajstić information content (AvgIpc) is 2.11. The molecule has 5 heteroatoms. The summed E-state index contributed by atoms with van der Waals surface area (Å²) in [6, 6.07) is 4.59. The van der Waals surface area contributed by atoms with E-state index in [1.54, 1.807) is 19.1 Å². The minimum absolute atomic E-state index is 0.132. The summed E-state index contributed by atoms with van der Waals surface area (Å²) in [7, 11) is 0. The zero-order valence-corrected chi connectivity index (χ0v) is 8.08. The number of carboxylic acids is 1. The van der Waals surface area contributed by atoms with Crippen LogP contribution in [0.2, 0.25) is 5.02 Å². The fraction of sp³-hybridized carbons (Fsp3) is 0.222. The molecule has 1 rings (SSSR count). The van der Waals surface area contributed by atoms with Crippen LogP contribution in [0.3, 0.4) is 0 Å². The molecule has 0 aromatic heterocycles. The van der Waals surface area contributed by atoms with Gasteiger partial charge in [-0.1, -0.05) is 17.7 Å². The van der Waals surface area contributed by atoms with E-state index in [0.717, 1.165) is 0 Å². The Balaban J connectivity index is 2.85. The number of hydrogen-bond donors (Lipinski definition) is 1. The van der Waals surface area contributed by atoms with Crippen molar-refractivity contribution in [3.63, 3.8) is 0 Å². The van der Waals surface area contributed by atoms with E-state index in [4.69, 9.17) is 16.7 Å². The molecule has 0 fully saturated rings. The van der Waals surface area contributed by atoms with Crippen molar-refractivity contribution in [3.05, 3.63) is 28.8 Å². The molecule has 0 bridgehead atoms. The Kier molecular flexibility index (Phi) is 3.30. The molecule has 1 aromatic carbocycles. The van der Waals surface area contributed by atoms with E-state index in [0.29, 0.717) is 10.6 Å². The number of aliphatic carboxylic acids is 1. The number of hydrogen-bond acceptors (Lipinski definition) is 2. The lowest BCUT2D eigenvalue weighted by molar-refractivity contribution is -0.153. The molecule has 0 saturated heterocycles. The van der Waals surface area contributed by atoms with E-state index in [-0.39, 0.29) is 5.75 Å². The summed E-state index contributed by atoms with van der Waals surface area (Å²) in [5, 5.41) is 8.63. The van der Waals surface area contributed by atoms with Gasteiger partial charge in [-0.25, -0.2) is 4.79 Å². The summed E-state index contributed by atoms with van der Waals surface area (Å²) in [5.41, 5.74) is 0.623. The largest absolute Gasteiger partial charge is 0.476 e. The van der Waals surface area contributed by atoms with Gasteiger partial charge < -0.3 is 9.84 Å². The summed E-state index contributed by atoms with van der Waals surface area (Å²) in [4.78, 5) is 10.2. The molecule has 0 aliphatic heterocycles. The smallest absolute Gasteiger partial charge is 0.378 e. The molecule has 0 saturated carbocycles. The van der Waals surface area contributed by atoms with Gasteiger partial charge in [-0.15, -0.1) is 0 Å². The van der Waals surface area contributed by atoms with Gasteiger partial charge in [-0.2, -0.15) is 4.39 Å². The minimum atomic E-state index is -2.37. The van der Waals surface area contributed by atoms with Crippen molar-refractivity contribution in [2.24, 2.45) is 0 Å². The quantitative estimate of drug-likeness (QED) is 0.848. The first-order chi connectivity index (χ1) is 6.50. The van der Waals surface area contributed by atoms with Crippen molar-refractivity contribution in [1.82, 2.24) is 0 Å². The highest BCUT2D eigenvalue weighted by molar-refractivity contribution is 6.30. The van der Waals surface area contributed by atoms with Crippen LogP contribution in [-0.4, -0.2) is 17.4 Å². The lowest BCUT2D eigenvalue weighted by Gasteiger charge is -2.09. The topological polar surface area (TPSA) is 46.5 Å². The molecule has 1 atom stereocenters. The van der Waals surface area contributed by atoms with Crippen LogP contribution in [0.1, 0.15) is 5.56 Å². The summed E-state index contributed by atoms with van der Waals surface area (Å²) < 4.78 is 17.2. The summed E-state index contributed by atoms with van der Waals surface area (Å²) in [5.74, 6) is -1.53. The normalized spacial score (nSPS) is 12.2. The summed E-state index contributed by atoms with van der Waals surface area (Å²) in [6.45, 7) is 1.67. The van der Waals surface area contributed by atoms with E-state index in [2.05, 4.69) is 4.74 Å². The average molecular weight is 219 g/mol. The maximum atomic E-state index is 12.7. The SMILES string of the molecule is Cc1ccc(Cl)cc1OC(F)C(=O)O. The van der Waals surface area contributed by atoms with Crippen LogP contribution in [0.25, 0.3) is 0 Å². The zero-order valence-electron chi connectivity index (χ0n) is 7.33. The third-order valence-corrected chi connectivity index (χ3v) is 1.81. The predicted octanol–water partition coefficient (Wildman–Crippen LogP) is 2.41. The predicted molar refractivity (Wildman–Crippen MR) is 49.3 cm³/mol. The number of ether oxygens (including phenoxy) is 1. The molecule has 0 aliphatic carbocycles. The fourth-order valence-electron chi connectivity index (χ4n) is 0.863. The highest BCUT2D eigenvalue weighted by Crippen LogP contribution is 2.23. The molecule has 0 spiro atoms. The number of carbonyl (C=O) groups is 1. The molecule has 1 unspecified atom stereocenters. The monoisotopic (exact) mass is 218 g/mol. The number of halogens is 2. The Labute approximate surface area is 85.1 Å². The highest BCUT2D eigenvalue weighted by Gasteiger charge is 2.18. The molecular formula is C9H8ClFO3. The van der Waals surface area contributed by atoms with Crippen molar-refractivity contribution < 1.29 is 19.0 Å². The first-order valence-corrected chi connectivity index (χ1v) is 4.18. The van der Waals surface area contributed by atoms with Gasteiger partial charge in [-0.3, -0.25) is 0 Å². The van der Waals surface area contributed by atoms with Crippen molar-refractivity contribution in [3.8, 4) is 5.75 Å².